The zero-order chi connectivity index (χ0) is 18.7. The Morgan fingerprint density at radius 2 is 1.33 bits per heavy atom. The number of ether oxygens (including phenoxy) is 2. The van der Waals surface area contributed by atoms with Crippen molar-refractivity contribution in [1.82, 2.24) is 4.90 Å². The first-order valence-corrected chi connectivity index (χ1v) is 9.57. The molecule has 2 atom stereocenters. The fraction of sp³-hybridized carbons (Fsp3) is 0.812. The predicted molar refractivity (Wildman–Crippen MR) is 97.5 cm³/mol. The maximum absolute atomic E-state index is 12.2. The molecule has 24 heavy (non-hydrogen) atoms. The van der Waals surface area contributed by atoms with Gasteiger partial charge in [-0.2, -0.15) is 0 Å². The number of hydrogen-bond acceptors (Lipinski definition) is 7. The summed E-state index contributed by atoms with van der Waals surface area (Å²) in [6.45, 7) is 13.0. The zero-order valence-electron chi connectivity index (χ0n) is 15.4. The van der Waals surface area contributed by atoms with E-state index in [1.54, 1.807) is 46.4 Å². The van der Waals surface area contributed by atoms with Gasteiger partial charge in [-0.3, -0.25) is 4.79 Å². The minimum Gasteiger partial charge on any atom is -0.452 e. The smallest absolute Gasteiger partial charge is 0.410 e. The maximum Gasteiger partial charge on any atom is 0.410 e. The van der Waals surface area contributed by atoms with Gasteiger partial charge in [0, 0.05) is 30.5 Å². The van der Waals surface area contributed by atoms with Gasteiger partial charge in [-0.1, -0.05) is 11.8 Å². The van der Waals surface area contributed by atoms with E-state index in [1.807, 2.05) is 0 Å². The highest BCUT2D eigenvalue weighted by Gasteiger charge is 2.40. The molecule has 0 aromatic heterocycles. The van der Waals surface area contributed by atoms with Crippen LogP contribution in [0.25, 0.3) is 0 Å². The summed E-state index contributed by atoms with van der Waals surface area (Å²) in [5.74, 6) is 0. The molecule has 0 bridgehead atoms. The molecule has 2 unspecified atom stereocenters. The van der Waals surface area contributed by atoms with Gasteiger partial charge < -0.3 is 14.4 Å². The lowest BCUT2D eigenvalue weighted by Gasteiger charge is -2.24. The number of nitrogens with zero attached hydrogens (tertiary/aromatic N) is 1. The second-order valence-corrected chi connectivity index (χ2v) is 10.2. The quantitative estimate of drug-likeness (QED) is 0.675. The van der Waals surface area contributed by atoms with Crippen molar-refractivity contribution in [2.45, 2.75) is 70.2 Å². The molecule has 0 N–H and O–H groups in total. The number of hydrogen-bond donors (Lipinski definition) is 0. The zero-order valence-corrected chi connectivity index (χ0v) is 17.0. The molecule has 8 heteroatoms. The Labute approximate surface area is 152 Å². The maximum atomic E-state index is 12.2. The van der Waals surface area contributed by atoms with Crippen molar-refractivity contribution in [2.75, 3.05) is 13.1 Å². The van der Waals surface area contributed by atoms with Gasteiger partial charge in [0.2, 0.25) is 0 Å². The van der Waals surface area contributed by atoms with Crippen LogP contribution in [0.5, 0.6) is 0 Å². The van der Waals surface area contributed by atoms with Crippen LogP contribution in [0.1, 0.15) is 48.5 Å². The Morgan fingerprint density at radius 1 is 0.875 bits per heavy atom. The highest BCUT2D eigenvalue weighted by molar-refractivity contribution is 8.17. The number of carbonyl (C=O) groups is 3. The number of thioether (sulfide) groups is 2. The fourth-order valence-electron chi connectivity index (χ4n) is 2.06. The molecule has 1 aliphatic rings. The van der Waals surface area contributed by atoms with E-state index in [0.29, 0.717) is 13.1 Å². The molecule has 0 radical (unpaired) electrons. The van der Waals surface area contributed by atoms with Crippen molar-refractivity contribution in [3.05, 3.63) is 0 Å². The molecule has 0 saturated carbocycles. The topological polar surface area (TPSA) is 72.9 Å². The predicted octanol–water partition coefficient (Wildman–Crippen LogP) is 3.92. The highest BCUT2D eigenvalue weighted by atomic mass is 32.2. The number of likely N-dealkylation sites (tertiary alicyclic amines) is 1. The van der Waals surface area contributed by atoms with Crippen LogP contribution >= 0.6 is 23.5 Å². The van der Waals surface area contributed by atoms with E-state index in [-0.39, 0.29) is 15.6 Å². The number of amides is 1. The highest BCUT2D eigenvalue weighted by Crippen LogP contribution is 2.34. The Hall–Kier alpha value is -0.890. The average Bonchev–Trinajstić information content (AvgIpc) is 2.66. The van der Waals surface area contributed by atoms with Crippen molar-refractivity contribution in [1.29, 1.82) is 0 Å². The molecule has 138 valence electrons. The van der Waals surface area contributed by atoms with Crippen molar-refractivity contribution >= 4 is 40.0 Å². The first kappa shape index (κ1) is 21.2. The molecule has 6 nitrogen and oxygen atoms in total. The standard InChI is InChI=1S/C16H27NO5S2/c1-10(18)23-11-8-17(13(19)21-15(2,3)4)9-12(11)24-14(20)22-16(5,6)7/h11-12H,8-9H2,1-7H3. The summed E-state index contributed by atoms with van der Waals surface area (Å²) in [6, 6.07) is 0. The van der Waals surface area contributed by atoms with Gasteiger partial charge in [0.15, 0.2) is 5.12 Å². The normalized spacial score (nSPS) is 21.5. The fourth-order valence-corrected chi connectivity index (χ4v) is 4.35. The molecule has 0 spiro atoms. The monoisotopic (exact) mass is 377 g/mol. The van der Waals surface area contributed by atoms with Crippen molar-refractivity contribution < 1.29 is 23.9 Å². The van der Waals surface area contributed by atoms with Gasteiger partial charge in [-0.25, -0.2) is 9.59 Å². The first-order chi connectivity index (χ1) is 10.8. The molecule has 1 heterocycles. The summed E-state index contributed by atoms with van der Waals surface area (Å²) in [6.07, 6.45) is -0.427. The van der Waals surface area contributed by atoms with Crippen LogP contribution in [0, 0.1) is 0 Å². The Bertz CT molecular complexity index is 496. The number of carbonyl (C=O) groups excluding carboxylic acids is 3. The van der Waals surface area contributed by atoms with Gasteiger partial charge in [0.05, 0.1) is 0 Å². The summed E-state index contributed by atoms with van der Waals surface area (Å²) in [7, 11) is 0. The molecular formula is C16H27NO5S2. The molecule has 1 fully saturated rings. The summed E-state index contributed by atoms with van der Waals surface area (Å²) in [4.78, 5) is 37.3. The second-order valence-electron chi connectivity index (χ2n) is 7.65. The van der Waals surface area contributed by atoms with Crippen LogP contribution in [0.3, 0.4) is 0 Å². The van der Waals surface area contributed by atoms with Crippen molar-refractivity contribution in [2.24, 2.45) is 0 Å². The molecule has 1 amide bonds. The van der Waals surface area contributed by atoms with Crippen LogP contribution in [-0.2, 0) is 14.3 Å². The van der Waals surface area contributed by atoms with Crippen LogP contribution < -0.4 is 0 Å². The minimum absolute atomic E-state index is 0.0409. The average molecular weight is 378 g/mol. The van der Waals surface area contributed by atoms with E-state index in [2.05, 4.69) is 0 Å². The molecule has 0 aromatic rings. The van der Waals surface area contributed by atoms with Crippen LogP contribution in [0.15, 0.2) is 0 Å². The third-order valence-corrected chi connectivity index (χ3v) is 5.16. The van der Waals surface area contributed by atoms with Gasteiger partial charge in [-0.15, -0.1) is 0 Å². The summed E-state index contributed by atoms with van der Waals surface area (Å²) < 4.78 is 10.7. The van der Waals surface area contributed by atoms with E-state index >= 15 is 0 Å². The van der Waals surface area contributed by atoms with Gasteiger partial charge in [0.1, 0.15) is 11.2 Å². The van der Waals surface area contributed by atoms with Crippen LogP contribution in [0.2, 0.25) is 0 Å². The SMILES string of the molecule is CC(=O)SC1CN(C(=O)OC(C)(C)C)CC1SC(=O)OC(C)(C)C. The third kappa shape index (κ3) is 7.79. The Morgan fingerprint density at radius 3 is 1.75 bits per heavy atom. The molecular weight excluding hydrogens is 350 g/mol. The van der Waals surface area contributed by atoms with E-state index in [4.69, 9.17) is 9.47 Å². The summed E-state index contributed by atoms with van der Waals surface area (Å²) in [5.41, 5.74) is -1.16. The van der Waals surface area contributed by atoms with Crippen molar-refractivity contribution in [3.63, 3.8) is 0 Å². The van der Waals surface area contributed by atoms with E-state index in [9.17, 15) is 14.4 Å². The van der Waals surface area contributed by atoms with Gasteiger partial charge >= 0.3 is 11.4 Å². The first-order valence-electron chi connectivity index (χ1n) is 7.81. The van der Waals surface area contributed by atoms with Gasteiger partial charge in [-0.05, 0) is 53.3 Å². The van der Waals surface area contributed by atoms with Crippen LogP contribution in [0.4, 0.5) is 9.59 Å². The molecule has 0 aromatic carbocycles. The van der Waals surface area contributed by atoms with E-state index < -0.39 is 22.6 Å². The molecule has 1 saturated heterocycles. The third-order valence-electron chi connectivity index (χ3n) is 2.82. The second kappa shape index (κ2) is 7.99. The number of rotatable bonds is 2. The largest absolute Gasteiger partial charge is 0.452 e. The Kier molecular flexibility index (Phi) is 7.04. The van der Waals surface area contributed by atoms with Gasteiger partial charge in [0.25, 0.3) is 0 Å². The summed E-state index contributed by atoms with van der Waals surface area (Å²) in [5, 5.41) is -0.803. The molecule has 1 rings (SSSR count). The lowest BCUT2D eigenvalue weighted by molar-refractivity contribution is -0.109. The lowest BCUT2D eigenvalue weighted by Crippen LogP contribution is -2.35. The molecule has 1 aliphatic heterocycles. The Balaban J connectivity index is 2.75. The lowest BCUT2D eigenvalue weighted by atomic mass is 10.2. The summed E-state index contributed by atoms with van der Waals surface area (Å²) >= 11 is 2.19. The van der Waals surface area contributed by atoms with Crippen molar-refractivity contribution in [3.8, 4) is 0 Å². The van der Waals surface area contributed by atoms with E-state index in [0.717, 1.165) is 23.5 Å². The minimum atomic E-state index is -0.587. The van der Waals surface area contributed by atoms with Crippen LogP contribution in [-0.4, -0.2) is 56.2 Å². The molecule has 0 aliphatic carbocycles. The van der Waals surface area contributed by atoms with E-state index in [1.165, 1.54) is 6.92 Å².